The van der Waals surface area contributed by atoms with E-state index in [1.165, 1.54) is 0 Å². The number of carbonyl (C=O) groups is 2. The van der Waals surface area contributed by atoms with Crippen molar-refractivity contribution < 1.29 is 14.7 Å². The highest BCUT2D eigenvalue weighted by molar-refractivity contribution is 5.79. The first-order valence-electron chi connectivity index (χ1n) is 11.2. The smallest absolute Gasteiger partial charge is 0.312 e. The lowest BCUT2D eigenvalue weighted by Gasteiger charge is -2.39. The topological polar surface area (TPSA) is 95.7 Å². The largest absolute Gasteiger partial charge is 0.385 e. The average Bonchev–Trinajstić information content (AvgIpc) is 2.85. The van der Waals surface area contributed by atoms with Crippen molar-refractivity contribution in [1.29, 1.82) is 0 Å². The van der Waals surface area contributed by atoms with Crippen molar-refractivity contribution in [3.05, 3.63) is 96.1 Å². The summed E-state index contributed by atoms with van der Waals surface area (Å²) in [6.45, 7) is 0.904. The van der Waals surface area contributed by atoms with Gasteiger partial charge in [0.15, 0.2) is 0 Å². The summed E-state index contributed by atoms with van der Waals surface area (Å²) in [5.74, 6) is -0.0703. The zero-order chi connectivity index (χ0) is 23.3. The molecule has 1 aliphatic rings. The fourth-order valence-corrected chi connectivity index (χ4v) is 4.43. The molecule has 0 spiro atoms. The third-order valence-corrected chi connectivity index (χ3v) is 6.37. The minimum Gasteiger partial charge on any atom is -0.385 e. The first kappa shape index (κ1) is 22.6. The lowest BCUT2D eigenvalue weighted by atomic mass is 9.83. The van der Waals surface area contributed by atoms with Crippen molar-refractivity contribution in [3.63, 3.8) is 0 Å². The van der Waals surface area contributed by atoms with Crippen molar-refractivity contribution in [3.8, 4) is 11.1 Å². The van der Waals surface area contributed by atoms with Gasteiger partial charge in [0.1, 0.15) is 0 Å². The van der Waals surface area contributed by atoms with Crippen LogP contribution in [0.4, 0.5) is 4.79 Å². The van der Waals surface area contributed by atoms with E-state index in [0.29, 0.717) is 25.9 Å². The van der Waals surface area contributed by atoms with Gasteiger partial charge in [-0.25, -0.2) is 4.79 Å². The van der Waals surface area contributed by atoms with E-state index in [9.17, 15) is 14.7 Å². The van der Waals surface area contributed by atoms with Crippen LogP contribution < -0.4 is 11.1 Å². The summed E-state index contributed by atoms with van der Waals surface area (Å²) in [5.41, 5.74) is 8.29. The molecule has 1 fully saturated rings. The van der Waals surface area contributed by atoms with Crippen LogP contribution in [0.25, 0.3) is 11.1 Å². The minimum absolute atomic E-state index is 0.0703. The van der Waals surface area contributed by atoms with Crippen molar-refractivity contribution in [2.45, 2.75) is 30.9 Å². The number of nitrogens with zero attached hydrogens (tertiary/aromatic N) is 1. The SMILES string of the molecule is NC(=O)NC(CC(=O)N1CCC(O)(c2ccc(-c3ccccc3)cc2)CC1)c1ccccc1. The van der Waals surface area contributed by atoms with E-state index in [1.807, 2.05) is 72.8 Å². The van der Waals surface area contributed by atoms with Crippen molar-refractivity contribution in [1.82, 2.24) is 10.2 Å². The molecule has 1 aliphatic heterocycles. The highest BCUT2D eigenvalue weighted by Gasteiger charge is 2.36. The molecule has 33 heavy (non-hydrogen) atoms. The summed E-state index contributed by atoms with van der Waals surface area (Å²) in [7, 11) is 0. The lowest BCUT2D eigenvalue weighted by molar-refractivity contribution is -0.136. The van der Waals surface area contributed by atoms with Crippen LogP contribution in [0.3, 0.4) is 0 Å². The monoisotopic (exact) mass is 443 g/mol. The van der Waals surface area contributed by atoms with E-state index >= 15 is 0 Å². The number of hydrogen-bond acceptors (Lipinski definition) is 3. The van der Waals surface area contributed by atoms with Gasteiger partial charge < -0.3 is 21.1 Å². The van der Waals surface area contributed by atoms with Crippen molar-refractivity contribution in [2.75, 3.05) is 13.1 Å². The maximum Gasteiger partial charge on any atom is 0.312 e. The predicted molar refractivity (Wildman–Crippen MR) is 128 cm³/mol. The molecular weight excluding hydrogens is 414 g/mol. The van der Waals surface area contributed by atoms with Crippen LogP contribution in [0.2, 0.25) is 0 Å². The third-order valence-electron chi connectivity index (χ3n) is 6.37. The standard InChI is InChI=1S/C27H29N3O3/c28-26(32)29-24(22-9-5-2-6-10-22)19-25(31)30-17-15-27(33,16-18-30)23-13-11-21(12-14-23)20-7-3-1-4-8-20/h1-14,24,33H,15-19H2,(H3,28,29,32). The molecule has 1 unspecified atom stereocenters. The molecule has 0 radical (unpaired) electrons. The first-order valence-corrected chi connectivity index (χ1v) is 11.2. The Morgan fingerprint density at radius 2 is 1.42 bits per heavy atom. The maximum atomic E-state index is 13.0. The second-order valence-corrected chi connectivity index (χ2v) is 8.53. The molecular formula is C27H29N3O3. The van der Waals surface area contributed by atoms with Crippen LogP contribution in [-0.4, -0.2) is 35.0 Å². The Kier molecular flexibility index (Phi) is 6.75. The number of amides is 3. The number of hydrogen-bond donors (Lipinski definition) is 3. The van der Waals surface area contributed by atoms with Crippen LogP contribution in [0, 0.1) is 0 Å². The molecule has 4 N–H and O–H groups in total. The zero-order valence-corrected chi connectivity index (χ0v) is 18.5. The molecule has 6 heteroatoms. The number of piperidine rings is 1. The number of benzene rings is 3. The molecule has 3 amide bonds. The van der Waals surface area contributed by atoms with Gasteiger partial charge >= 0.3 is 6.03 Å². The molecule has 4 rings (SSSR count). The van der Waals surface area contributed by atoms with Gasteiger partial charge in [0.05, 0.1) is 18.1 Å². The number of carbonyl (C=O) groups excluding carboxylic acids is 2. The molecule has 1 saturated heterocycles. The number of nitrogens with one attached hydrogen (secondary N) is 1. The van der Waals surface area contributed by atoms with Gasteiger partial charge in [-0.3, -0.25) is 4.79 Å². The fraction of sp³-hybridized carbons (Fsp3) is 0.259. The van der Waals surface area contributed by atoms with Crippen LogP contribution in [-0.2, 0) is 10.4 Å². The second kappa shape index (κ2) is 9.88. The van der Waals surface area contributed by atoms with E-state index in [4.69, 9.17) is 5.73 Å². The summed E-state index contributed by atoms with van der Waals surface area (Å²) in [6.07, 6.45) is 1.04. The second-order valence-electron chi connectivity index (χ2n) is 8.53. The molecule has 1 heterocycles. The number of nitrogens with two attached hydrogens (primary N) is 1. The Balaban J connectivity index is 1.39. The zero-order valence-electron chi connectivity index (χ0n) is 18.5. The van der Waals surface area contributed by atoms with E-state index in [1.54, 1.807) is 4.90 Å². The summed E-state index contributed by atoms with van der Waals surface area (Å²) in [5, 5.41) is 13.9. The lowest BCUT2D eigenvalue weighted by Crippen LogP contribution is -2.46. The fourth-order valence-electron chi connectivity index (χ4n) is 4.43. The molecule has 0 bridgehead atoms. The quantitative estimate of drug-likeness (QED) is 0.538. The number of urea groups is 1. The Morgan fingerprint density at radius 1 is 0.879 bits per heavy atom. The van der Waals surface area contributed by atoms with Crippen LogP contribution in [0.15, 0.2) is 84.9 Å². The molecule has 0 aliphatic carbocycles. The van der Waals surface area contributed by atoms with Crippen molar-refractivity contribution >= 4 is 11.9 Å². The van der Waals surface area contributed by atoms with E-state index in [0.717, 1.165) is 22.3 Å². The van der Waals surface area contributed by atoms with Crippen LogP contribution in [0.1, 0.15) is 36.4 Å². The minimum atomic E-state index is -0.962. The summed E-state index contributed by atoms with van der Waals surface area (Å²) in [6, 6.07) is 26.3. The summed E-state index contributed by atoms with van der Waals surface area (Å²) < 4.78 is 0. The molecule has 1 atom stereocenters. The normalized spacial score (nSPS) is 16.1. The maximum absolute atomic E-state index is 13.0. The summed E-state index contributed by atoms with van der Waals surface area (Å²) in [4.78, 5) is 26.2. The van der Waals surface area contributed by atoms with E-state index < -0.39 is 17.7 Å². The molecule has 170 valence electrons. The molecule has 3 aromatic rings. The van der Waals surface area contributed by atoms with Gasteiger partial charge in [-0.1, -0.05) is 84.9 Å². The van der Waals surface area contributed by atoms with Gasteiger partial charge in [-0.05, 0) is 35.1 Å². The van der Waals surface area contributed by atoms with Crippen LogP contribution in [0.5, 0.6) is 0 Å². The Hall–Kier alpha value is -3.64. The van der Waals surface area contributed by atoms with Gasteiger partial charge in [-0.15, -0.1) is 0 Å². The Labute approximate surface area is 194 Å². The molecule has 0 aromatic heterocycles. The average molecular weight is 444 g/mol. The number of primary amides is 1. The number of likely N-dealkylation sites (tertiary alicyclic amines) is 1. The molecule has 3 aromatic carbocycles. The number of aliphatic hydroxyl groups is 1. The van der Waals surface area contributed by atoms with E-state index in [-0.39, 0.29) is 12.3 Å². The highest BCUT2D eigenvalue weighted by atomic mass is 16.3. The highest BCUT2D eigenvalue weighted by Crippen LogP contribution is 2.34. The van der Waals surface area contributed by atoms with E-state index in [2.05, 4.69) is 17.4 Å². The third kappa shape index (κ3) is 5.41. The first-order chi connectivity index (χ1) is 15.9. The van der Waals surface area contributed by atoms with Gasteiger partial charge in [0, 0.05) is 13.1 Å². The predicted octanol–water partition coefficient (Wildman–Crippen LogP) is 3.96. The Bertz CT molecular complexity index is 1080. The van der Waals surface area contributed by atoms with Gasteiger partial charge in [0.2, 0.25) is 5.91 Å². The molecule has 6 nitrogen and oxygen atoms in total. The summed E-state index contributed by atoms with van der Waals surface area (Å²) >= 11 is 0. The van der Waals surface area contributed by atoms with Crippen molar-refractivity contribution in [2.24, 2.45) is 5.73 Å². The van der Waals surface area contributed by atoms with Gasteiger partial charge in [-0.2, -0.15) is 0 Å². The number of rotatable bonds is 6. The van der Waals surface area contributed by atoms with Crippen LogP contribution >= 0.6 is 0 Å². The van der Waals surface area contributed by atoms with Gasteiger partial charge in [0.25, 0.3) is 0 Å². The molecule has 0 saturated carbocycles. The Morgan fingerprint density at radius 3 is 2.00 bits per heavy atom.